The molecule has 172 valence electrons. The molecular weight excluding hydrogens is 424 g/mol. The number of fused-ring (bicyclic) bond motifs is 5. The summed E-state index contributed by atoms with van der Waals surface area (Å²) < 4.78 is -0.465. The maximum atomic E-state index is 14.4. The number of benzene rings is 3. The van der Waals surface area contributed by atoms with Crippen LogP contribution in [0.1, 0.15) is 64.6 Å². The summed E-state index contributed by atoms with van der Waals surface area (Å²) in [5.41, 5.74) is 4.34. The molecule has 2 bridgehead atoms. The van der Waals surface area contributed by atoms with Crippen LogP contribution in [-0.2, 0) is 23.2 Å². The fourth-order valence-corrected chi connectivity index (χ4v) is 5.17. The molecule has 2 unspecified atom stereocenters. The summed E-state index contributed by atoms with van der Waals surface area (Å²) in [6, 6.07) is 21.9. The third-order valence-electron chi connectivity index (χ3n) is 7.07. The van der Waals surface area contributed by atoms with Gasteiger partial charge < -0.3 is 5.32 Å². The van der Waals surface area contributed by atoms with E-state index < -0.39 is 10.5 Å². The maximum absolute atomic E-state index is 14.4. The molecular formula is C29H29N2O3+. The molecule has 0 saturated heterocycles. The van der Waals surface area contributed by atoms with E-state index in [0.29, 0.717) is 24.1 Å². The molecule has 0 saturated carbocycles. The molecule has 3 aromatic carbocycles. The zero-order chi connectivity index (χ0) is 24.1. The first kappa shape index (κ1) is 22.2. The Labute approximate surface area is 200 Å². The molecule has 3 aromatic rings. The Bertz CT molecular complexity index is 1300. The van der Waals surface area contributed by atoms with Crippen LogP contribution >= 0.6 is 0 Å². The van der Waals surface area contributed by atoms with E-state index in [1.165, 1.54) is 5.56 Å². The SMILES string of the molecule is CC(C)(C)c1ccc(C[N+]23C(=O)c4ccccc4C(=O)NC(CCc4ccccc42)C3=O)cc1. The lowest BCUT2D eigenvalue weighted by Crippen LogP contribution is -2.65. The Morgan fingerprint density at radius 3 is 2.21 bits per heavy atom. The number of rotatable bonds is 2. The van der Waals surface area contributed by atoms with E-state index in [4.69, 9.17) is 0 Å². The fraction of sp³-hybridized carbons (Fsp3) is 0.276. The van der Waals surface area contributed by atoms with Gasteiger partial charge >= 0.3 is 11.8 Å². The summed E-state index contributed by atoms with van der Waals surface area (Å²) in [7, 11) is 0. The van der Waals surface area contributed by atoms with Crippen LogP contribution < -0.4 is 9.80 Å². The van der Waals surface area contributed by atoms with Gasteiger partial charge in [0.15, 0.2) is 5.69 Å². The molecule has 0 radical (unpaired) electrons. The molecule has 0 fully saturated rings. The van der Waals surface area contributed by atoms with E-state index in [1.54, 1.807) is 24.3 Å². The van der Waals surface area contributed by atoms with Gasteiger partial charge in [0.05, 0.1) is 11.1 Å². The molecule has 34 heavy (non-hydrogen) atoms. The normalized spacial score (nSPS) is 22.1. The lowest BCUT2D eigenvalue weighted by molar-refractivity contribution is -0.130. The highest BCUT2D eigenvalue weighted by Gasteiger charge is 2.55. The Balaban J connectivity index is 1.75. The first-order chi connectivity index (χ1) is 16.2. The van der Waals surface area contributed by atoms with Gasteiger partial charge in [0.1, 0.15) is 12.6 Å². The van der Waals surface area contributed by atoms with Crippen molar-refractivity contribution in [3.63, 3.8) is 0 Å². The van der Waals surface area contributed by atoms with Crippen LogP contribution in [-0.4, -0.2) is 23.8 Å². The van der Waals surface area contributed by atoms with E-state index in [2.05, 4.69) is 38.2 Å². The van der Waals surface area contributed by atoms with Gasteiger partial charge in [-0.25, -0.2) is 9.59 Å². The van der Waals surface area contributed by atoms with Crippen molar-refractivity contribution >= 4 is 23.4 Å². The highest BCUT2D eigenvalue weighted by molar-refractivity contribution is 6.22. The molecule has 0 aromatic heterocycles. The predicted molar refractivity (Wildman–Crippen MR) is 132 cm³/mol. The molecule has 0 aliphatic carbocycles. The molecule has 2 atom stereocenters. The lowest BCUT2D eigenvalue weighted by atomic mass is 9.86. The topological polar surface area (TPSA) is 63.2 Å². The standard InChI is InChI=1S/C29H28N2O3/c1-29(2,3)21-15-12-19(13-16-21)18-31-25-11-7-4-8-20(25)14-17-24(28(31)34)30-26(32)22-9-5-6-10-23(22)27(31)33/h4-13,15-16,24H,14,17-18H2,1-3H3/p+1. The van der Waals surface area contributed by atoms with Crippen LogP contribution in [0.3, 0.4) is 0 Å². The first-order valence-electron chi connectivity index (χ1n) is 11.8. The Morgan fingerprint density at radius 1 is 0.853 bits per heavy atom. The maximum Gasteiger partial charge on any atom is 0.359 e. The molecule has 5 rings (SSSR count). The largest absolute Gasteiger partial charge is 0.359 e. The van der Waals surface area contributed by atoms with Crippen molar-refractivity contribution < 1.29 is 14.4 Å². The van der Waals surface area contributed by atoms with Crippen molar-refractivity contribution in [2.45, 2.75) is 51.6 Å². The van der Waals surface area contributed by atoms with Crippen LogP contribution in [0.4, 0.5) is 5.69 Å². The zero-order valence-electron chi connectivity index (χ0n) is 19.8. The highest BCUT2D eigenvalue weighted by Crippen LogP contribution is 2.39. The molecule has 2 heterocycles. The summed E-state index contributed by atoms with van der Waals surface area (Å²) >= 11 is 0. The number of hydrogen-bond donors (Lipinski definition) is 1. The monoisotopic (exact) mass is 453 g/mol. The van der Waals surface area contributed by atoms with E-state index in [0.717, 1.165) is 11.1 Å². The average molecular weight is 454 g/mol. The van der Waals surface area contributed by atoms with E-state index in [-0.39, 0.29) is 35.2 Å². The molecule has 2 aliphatic heterocycles. The van der Waals surface area contributed by atoms with Crippen LogP contribution in [0.5, 0.6) is 0 Å². The number of quaternary nitrogens is 1. The number of hydrogen-bond acceptors (Lipinski definition) is 3. The number of nitrogens with one attached hydrogen (secondary N) is 1. The average Bonchev–Trinajstić information content (AvgIpc) is 2.94. The van der Waals surface area contributed by atoms with Gasteiger partial charge in [0.25, 0.3) is 5.91 Å². The fourth-order valence-electron chi connectivity index (χ4n) is 5.17. The number of nitrogens with zero attached hydrogens (tertiary/aromatic N) is 1. The smallest absolute Gasteiger partial charge is 0.337 e. The van der Waals surface area contributed by atoms with Gasteiger partial charge in [-0.2, -0.15) is 4.48 Å². The minimum absolute atomic E-state index is 0.000777. The summed E-state index contributed by atoms with van der Waals surface area (Å²) in [5.74, 6) is -1.01. The second-order valence-electron chi connectivity index (χ2n) is 10.3. The van der Waals surface area contributed by atoms with Gasteiger partial charge in [-0.3, -0.25) is 4.79 Å². The van der Waals surface area contributed by atoms with E-state index in [1.807, 2.05) is 36.4 Å². The van der Waals surface area contributed by atoms with Crippen molar-refractivity contribution in [1.82, 2.24) is 9.80 Å². The minimum atomic E-state index is -0.744. The van der Waals surface area contributed by atoms with Gasteiger partial charge in [0, 0.05) is 17.2 Å². The predicted octanol–water partition coefficient (Wildman–Crippen LogP) is 4.92. The van der Waals surface area contributed by atoms with Gasteiger partial charge in [-0.1, -0.05) is 75.4 Å². The van der Waals surface area contributed by atoms with Crippen LogP contribution in [0.25, 0.3) is 0 Å². The number of carbonyl (C=O) groups excluding carboxylic acids is 3. The molecule has 5 nitrogen and oxygen atoms in total. The quantitative estimate of drug-likeness (QED) is 0.443. The Morgan fingerprint density at radius 2 is 1.50 bits per heavy atom. The molecule has 2 aliphatic rings. The summed E-state index contributed by atoms with van der Waals surface area (Å²) in [6.07, 6.45) is 1.07. The van der Waals surface area contributed by atoms with E-state index >= 15 is 0 Å². The van der Waals surface area contributed by atoms with Gasteiger partial charge in [0.2, 0.25) is 0 Å². The number of imide groups is 1. The van der Waals surface area contributed by atoms with Crippen molar-refractivity contribution in [3.8, 4) is 0 Å². The Kier molecular flexibility index (Phi) is 5.25. The number of para-hydroxylation sites is 1. The van der Waals surface area contributed by atoms with Crippen LogP contribution in [0.2, 0.25) is 0 Å². The summed E-state index contributed by atoms with van der Waals surface area (Å²) in [5, 5.41) is 2.93. The third kappa shape index (κ3) is 3.48. The van der Waals surface area contributed by atoms with Crippen molar-refractivity contribution in [3.05, 3.63) is 101 Å². The van der Waals surface area contributed by atoms with Gasteiger partial charge in [-0.05, 0) is 36.0 Å². The van der Waals surface area contributed by atoms with Gasteiger partial charge in [-0.15, -0.1) is 0 Å². The van der Waals surface area contributed by atoms with Crippen LogP contribution in [0.15, 0.2) is 72.8 Å². The molecule has 1 N–H and O–H groups in total. The van der Waals surface area contributed by atoms with Crippen molar-refractivity contribution in [2.75, 3.05) is 0 Å². The number of aryl methyl sites for hydroxylation is 1. The van der Waals surface area contributed by atoms with Crippen LogP contribution in [0, 0.1) is 0 Å². The molecule has 5 heteroatoms. The second kappa shape index (κ2) is 8.03. The minimum Gasteiger partial charge on any atom is -0.337 e. The second-order valence-corrected chi connectivity index (χ2v) is 10.3. The number of amides is 3. The van der Waals surface area contributed by atoms with E-state index in [9.17, 15) is 14.4 Å². The third-order valence-corrected chi connectivity index (χ3v) is 7.07. The Hall–Kier alpha value is -3.57. The summed E-state index contributed by atoms with van der Waals surface area (Å²) in [6.45, 7) is 6.67. The highest BCUT2D eigenvalue weighted by atomic mass is 16.2. The molecule has 3 amide bonds. The first-order valence-corrected chi connectivity index (χ1v) is 11.8. The number of carbonyl (C=O) groups is 3. The summed E-state index contributed by atoms with van der Waals surface area (Å²) in [4.78, 5) is 41.6. The zero-order valence-corrected chi connectivity index (χ0v) is 19.8. The lowest BCUT2D eigenvalue weighted by Gasteiger charge is -2.36. The molecule has 0 spiro atoms. The van der Waals surface area contributed by atoms with Crippen molar-refractivity contribution in [2.24, 2.45) is 0 Å². The van der Waals surface area contributed by atoms with Crippen molar-refractivity contribution in [1.29, 1.82) is 0 Å².